The average molecular weight is 437 g/mol. The van der Waals surface area contributed by atoms with Crippen molar-refractivity contribution in [2.45, 2.75) is 25.9 Å². The summed E-state index contributed by atoms with van der Waals surface area (Å²) in [6, 6.07) is 19.1. The Kier molecular flexibility index (Phi) is 5.91. The molecule has 2 bridgehead atoms. The monoisotopic (exact) mass is 437 g/mol. The maximum atomic E-state index is 12.7. The van der Waals surface area contributed by atoms with E-state index in [2.05, 4.69) is 16.1 Å². The summed E-state index contributed by atoms with van der Waals surface area (Å²) >= 11 is 0. The first-order chi connectivity index (χ1) is 16.2. The number of rotatable bonds is 3. The third-order valence-corrected chi connectivity index (χ3v) is 5.52. The van der Waals surface area contributed by atoms with Gasteiger partial charge in [-0.3, -0.25) is 4.99 Å². The highest BCUT2D eigenvalue weighted by atomic mass is 16.6. The predicted octanol–water partition coefficient (Wildman–Crippen LogP) is 5.64. The number of benzene rings is 1. The van der Waals surface area contributed by atoms with Crippen LogP contribution in [0.5, 0.6) is 0 Å². The van der Waals surface area contributed by atoms with Crippen LogP contribution in [0.15, 0.2) is 77.5 Å². The molecule has 5 rings (SSSR count). The largest absolute Gasteiger partial charge is 0.424 e. The second kappa shape index (κ2) is 9.30. The lowest BCUT2D eigenvalue weighted by Gasteiger charge is -2.13. The number of carbonyl (C=O) groups is 1. The second-order valence-electron chi connectivity index (χ2n) is 7.87. The van der Waals surface area contributed by atoms with Gasteiger partial charge in [0.25, 0.3) is 0 Å². The summed E-state index contributed by atoms with van der Waals surface area (Å²) in [5.41, 5.74) is 5.31. The van der Waals surface area contributed by atoms with Crippen LogP contribution in [0.3, 0.4) is 0 Å². The number of carbonyl (C=O) groups excluding carboxylic acids is 1. The zero-order valence-electron chi connectivity index (χ0n) is 18.3. The molecule has 0 saturated heterocycles. The van der Waals surface area contributed by atoms with Crippen LogP contribution in [0.2, 0.25) is 0 Å². The van der Waals surface area contributed by atoms with E-state index < -0.39 is 5.97 Å². The quantitative estimate of drug-likeness (QED) is 0.496. The summed E-state index contributed by atoms with van der Waals surface area (Å²) in [6.45, 7) is 2.06. The zero-order chi connectivity index (χ0) is 22.6. The third-order valence-electron chi connectivity index (χ3n) is 5.52. The van der Waals surface area contributed by atoms with Gasteiger partial charge >= 0.3 is 5.97 Å². The minimum Gasteiger partial charge on any atom is -0.424 e. The Hall–Kier alpha value is -3.90. The Morgan fingerprint density at radius 1 is 0.909 bits per heavy atom. The van der Waals surface area contributed by atoms with Crippen LogP contribution in [0.1, 0.15) is 53.3 Å². The van der Waals surface area contributed by atoms with Gasteiger partial charge in [-0.25, -0.2) is 14.8 Å². The molecule has 2 aromatic heterocycles. The van der Waals surface area contributed by atoms with Gasteiger partial charge in [0.15, 0.2) is 0 Å². The van der Waals surface area contributed by atoms with E-state index >= 15 is 0 Å². The maximum Gasteiger partial charge on any atom is 0.362 e. The number of fused-ring (bicyclic) bond motifs is 2. The van der Waals surface area contributed by atoms with Gasteiger partial charge in [0, 0.05) is 11.8 Å². The summed E-state index contributed by atoms with van der Waals surface area (Å²) in [5.74, 6) is -0.0835. The van der Waals surface area contributed by atoms with E-state index in [0.717, 1.165) is 41.1 Å². The highest BCUT2D eigenvalue weighted by molar-refractivity contribution is 5.88. The van der Waals surface area contributed by atoms with Crippen LogP contribution in [0.25, 0.3) is 23.0 Å². The van der Waals surface area contributed by atoms with Gasteiger partial charge in [-0.15, -0.1) is 0 Å². The van der Waals surface area contributed by atoms with E-state index in [4.69, 9.17) is 14.5 Å². The number of hydrogen-bond acceptors (Lipinski definition) is 6. The fourth-order valence-corrected chi connectivity index (χ4v) is 3.79. The number of cyclic esters (lactones) is 1. The Morgan fingerprint density at radius 3 is 2.61 bits per heavy atom. The van der Waals surface area contributed by atoms with Crippen molar-refractivity contribution in [3.63, 3.8) is 0 Å². The van der Waals surface area contributed by atoms with Crippen LogP contribution < -0.4 is 0 Å². The standard InChI is InChI=1S/C27H23N3O3/c1-18-22-11-6-14-26(29-22)27(31)33-20(17-32-18)16-19-8-2-3-9-21(19)23-12-7-13-25(30-23)24-10-4-5-15-28-24/h2-3,6-16,18H,4-5,17H2,1H3/b20-16-. The second-order valence-corrected chi connectivity index (χ2v) is 7.87. The lowest BCUT2D eigenvalue weighted by Crippen LogP contribution is -2.08. The maximum absolute atomic E-state index is 12.7. The van der Waals surface area contributed by atoms with Gasteiger partial charge in [0.05, 0.1) is 28.9 Å². The fourth-order valence-electron chi connectivity index (χ4n) is 3.79. The van der Waals surface area contributed by atoms with E-state index in [1.807, 2.05) is 67.7 Å². The first-order valence-corrected chi connectivity index (χ1v) is 11.0. The number of pyridine rings is 2. The van der Waals surface area contributed by atoms with Crippen LogP contribution in [-0.2, 0) is 9.47 Å². The van der Waals surface area contributed by atoms with Crippen molar-refractivity contribution in [3.05, 3.63) is 95.1 Å². The number of ether oxygens (including phenoxy) is 2. The average Bonchev–Trinajstić information content (AvgIpc) is 2.90. The Morgan fingerprint density at radius 2 is 1.73 bits per heavy atom. The molecule has 0 radical (unpaired) electrons. The van der Waals surface area contributed by atoms with E-state index in [-0.39, 0.29) is 18.4 Å². The van der Waals surface area contributed by atoms with Gasteiger partial charge < -0.3 is 9.47 Å². The minimum absolute atomic E-state index is 0.149. The topological polar surface area (TPSA) is 73.7 Å². The van der Waals surface area contributed by atoms with Gasteiger partial charge in [0.1, 0.15) is 18.1 Å². The van der Waals surface area contributed by atoms with Gasteiger partial charge in [0.2, 0.25) is 0 Å². The molecule has 3 aromatic rings. The predicted molar refractivity (Wildman–Crippen MR) is 127 cm³/mol. The molecule has 1 unspecified atom stereocenters. The molecule has 1 atom stereocenters. The lowest BCUT2D eigenvalue weighted by atomic mass is 10.0. The van der Waals surface area contributed by atoms with Crippen LogP contribution in [0.4, 0.5) is 0 Å². The van der Waals surface area contributed by atoms with Crippen LogP contribution >= 0.6 is 0 Å². The molecule has 0 N–H and O–H groups in total. The molecule has 0 spiro atoms. The molecule has 164 valence electrons. The summed E-state index contributed by atoms with van der Waals surface area (Å²) in [6.07, 6.45) is 7.53. The highest BCUT2D eigenvalue weighted by Crippen LogP contribution is 2.28. The molecule has 6 heteroatoms. The van der Waals surface area contributed by atoms with Crippen molar-refractivity contribution in [2.75, 3.05) is 6.61 Å². The van der Waals surface area contributed by atoms with Crippen molar-refractivity contribution in [1.82, 2.24) is 9.97 Å². The molecular formula is C27H23N3O3. The normalized spacial score (nSPS) is 19.3. The molecular weight excluding hydrogens is 414 g/mol. The van der Waals surface area contributed by atoms with Gasteiger partial charge in [-0.2, -0.15) is 0 Å². The molecule has 6 nitrogen and oxygen atoms in total. The summed E-state index contributed by atoms with van der Waals surface area (Å²) in [5, 5.41) is 0. The molecule has 0 saturated carbocycles. The smallest absolute Gasteiger partial charge is 0.362 e. The van der Waals surface area contributed by atoms with E-state index in [1.165, 1.54) is 0 Å². The van der Waals surface area contributed by atoms with Crippen molar-refractivity contribution in [3.8, 4) is 11.3 Å². The van der Waals surface area contributed by atoms with Crippen molar-refractivity contribution >= 4 is 24.0 Å². The van der Waals surface area contributed by atoms with Crippen molar-refractivity contribution < 1.29 is 14.3 Å². The van der Waals surface area contributed by atoms with Gasteiger partial charge in [-0.05, 0) is 55.7 Å². The molecule has 2 aliphatic rings. The first-order valence-electron chi connectivity index (χ1n) is 11.0. The number of allylic oxidation sites excluding steroid dienone is 1. The highest BCUT2D eigenvalue weighted by Gasteiger charge is 2.20. The molecule has 4 heterocycles. The number of esters is 1. The summed E-state index contributed by atoms with van der Waals surface area (Å²) < 4.78 is 11.6. The number of hydrogen-bond donors (Lipinski definition) is 0. The van der Waals surface area contributed by atoms with Gasteiger partial charge in [-0.1, -0.05) is 42.5 Å². The minimum atomic E-state index is -0.500. The Bertz CT molecular complexity index is 1290. The third kappa shape index (κ3) is 4.66. The SMILES string of the molecule is CC1OC/C(=C/c2ccccc2-c2cccc(C3=CCCC=N3)n2)OC(=O)c2cccc1n2. The first kappa shape index (κ1) is 21.0. The Balaban J connectivity index is 1.50. The summed E-state index contributed by atoms with van der Waals surface area (Å²) in [7, 11) is 0. The van der Waals surface area contributed by atoms with Crippen molar-refractivity contribution in [1.29, 1.82) is 0 Å². The number of aliphatic imine (C=N–C) groups is 1. The van der Waals surface area contributed by atoms with Crippen LogP contribution in [-0.4, -0.2) is 28.8 Å². The Labute approximate surface area is 192 Å². The molecule has 2 aliphatic heterocycles. The summed E-state index contributed by atoms with van der Waals surface area (Å²) in [4.78, 5) is 26.4. The van der Waals surface area contributed by atoms with E-state index in [0.29, 0.717) is 11.5 Å². The molecule has 0 amide bonds. The number of nitrogens with zero attached hydrogens (tertiary/aromatic N) is 3. The molecule has 33 heavy (non-hydrogen) atoms. The molecule has 1 aromatic carbocycles. The molecule has 0 aliphatic carbocycles. The van der Waals surface area contributed by atoms with Crippen molar-refractivity contribution in [2.24, 2.45) is 4.99 Å². The van der Waals surface area contributed by atoms with E-state index in [1.54, 1.807) is 12.1 Å². The zero-order valence-corrected chi connectivity index (χ0v) is 18.3. The number of aromatic nitrogens is 2. The molecule has 0 fully saturated rings. The lowest BCUT2D eigenvalue weighted by molar-refractivity contribution is 0.0404. The fraction of sp³-hybridized carbons (Fsp3) is 0.185. The van der Waals surface area contributed by atoms with E-state index in [9.17, 15) is 4.79 Å². The van der Waals surface area contributed by atoms with Crippen LogP contribution in [0, 0.1) is 0 Å².